The third kappa shape index (κ3) is 7.99. The van der Waals surface area contributed by atoms with Crippen molar-refractivity contribution >= 4 is 11.9 Å². The van der Waals surface area contributed by atoms with Crippen LogP contribution in [0, 0.1) is 0 Å². The van der Waals surface area contributed by atoms with Crippen molar-refractivity contribution in [2.45, 2.75) is 37.7 Å². The van der Waals surface area contributed by atoms with E-state index in [0.717, 1.165) is 38.6 Å². The highest BCUT2D eigenvalue weighted by Crippen LogP contribution is 2.25. The standard InChI is InChI=1S/C9H19NO2.C2H2O4/c10-6-2-1-3-9(11)4-7-12-8-5-9;3-1(4)2(5)6/h11H,1-8,10H2;(H,3,4)(H,5,6). The zero-order valence-corrected chi connectivity index (χ0v) is 10.3. The Balaban J connectivity index is 0.000000411. The molecule has 0 atom stereocenters. The first-order valence-corrected chi connectivity index (χ1v) is 5.88. The van der Waals surface area contributed by atoms with Crippen LogP contribution in [0.2, 0.25) is 0 Å². The van der Waals surface area contributed by atoms with Gasteiger partial charge in [0.2, 0.25) is 0 Å². The van der Waals surface area contributed by atoms with Crippen LogP contribution in [-0.4, -0.2) is 52.6 Å². The Labute approximate surface area is 106 Å². The van der Waals surface area contributed by atoms with Crippen LogP contribution >= 0.6 is 0 Å². The van der Waals surface area contributed by atoms with Crippen LogP contribution in [0.3, 0.4) is 0 Å². The Morgan fingerprint density at radius 2 is 1.61 bits per heavy atom. The number of carboxylic acid groups (broad SMARTS) is 2. The molecule has 106 valence electrons. The van der Waals surface area contributed by atoms with E-state index >= 15 is 0 Å². The quantitative estimate of drug-likeness (QED) is 0.408. The maximum absolute atomic E-state index is 9.98. The number of aliphatic carboxylic acids is 2. The Kier molecular flexibility index (Phi) is 8.27. The van der Waals surface area contributed by atoms with Crippen LogP contribution in [0.5, 0.6) is 0 Å². The van der Waals surface area contributed by atoms with Crippen molar-refractivity contribution in [3.63, 3.8) is 0 Å². The van der Waals surface area contributed by atoms with Crippen LogP contribution in [0.15, 0.2) is 0 Å². The highest BCUT2D eigenvalue weighted by atomic mass is 16.5. The molecule has 7 nitrogen and oxygen atoms in total. The van der Waals surface area contributed by atoms with Crippen LogP contribution in [-0.2, 0) is 14.3 Å². The van der Waals surface area contributed by atoms with Crippen molar-refractivity contribution in [1.82, 2.24) is 0 Å². The molecule has 0 bridgehead atoms. The zero-order chi connectivity index (χ0) is 14.0. The van der Waals surface area contributed by atoms with Crippen molar-refractivity contribution in [3.8, 4) is 0 Å². The van der Waals surface area contributed by atoms with Crippen LogP contribution in [0.1, 0.15) is 32.1 Å². The van der Waals surface area contributed by atoms with Gasteiger partial charge < -0.3 is 25.8 Å². The molecule has 0 spiro atoms. The summed E-state index contributed by atoms with van der Waals surface area (Å²) in [4.78, 5) is 18.2. The molecule has 1 saturated heterocycles. The number of hydrogen-bond donors (Lipinski definition) is 4. The second-order valence-corrected chi connectivity index (χ2v) is 4.19. The number of aliphatic hydroxyl groups is 1. The molecule has 1 fully saturated rings. The predicted octanol–water partition coefficient (Wildman–Crippen LogP) is -0.187. The van der Waals surface area contributed by atoms with Gasteiger partial charge in [0, 0.05) is 13.2 Å². The number of hydrogen-bond acceptors (Lipinski definition) is 5. The molecule has 0 amide bonds. The zero-order valence-electron chi connectivity index (χ0n) is 10.3. The molecule has 1 aliphatic heterocycles. The molecule has 0 aromatic rings. The summed E-state index contributed by atoms with van der Waals surface area (Å²) in [6.07, 6.45) is 4.51. The van der Waals surface area contributed by atoms with Crippen molar-refractivity contribution in [2.24, 2.45) is 5.73 Å². The van der Waals surface area contributed by atoms with Gasteiger partial charge in [-0.2, -0.15) is 0 Å². The summed E-state index contributed by atoms with van der Waals surface area (Å²) in [5, 5.41) is 24.8. The van der Waals surface area contributed by atoms with E-state index < -0.39 is 17.5 Å². The summed E-state index contributed by atoms with van der Waals surface area (Å²) in [7, 11) is 0. The Hall–Kier alpha value is -1.18. The van der Waals surface area contributed by atoms with E-state index in [-0.39, 0.29) is 0 Å². The van der Waals surface area contributed by atoms with Gasteiger partial charge >= 0.3 is 11.9 Å². The lowest BCUT2D eigenvalue weighted by Crippen LogP contribution is -2.36. The van der Waals surface area contributed by atoms with Gasteiger partial charge in [0.25, 0.3) is 0 Å². The molecule has 0 radical (unpaired) electrons. The average Bonchev–Trinajstić information content (AvgIpc) is 2.31. The van der Waals surface area contributed by atoms with E-state index in [4.69, 9.17) is 30.3 Å². The van der Waals surface area contributed by atoms with Crippen LogP contribution < -0.4 is 5.73 Å². The molecule has 1 rings (SSSR count). The molecule has 7 heteroatoms. The molecular weight excluding hydrogens is 242 g/mol. The minimum Gasteiger partial charge on any atom is -0.473 e. The van der Waals surface area contributed by atoms with Gasteiger partial charge in [-0.05, 0) is 38.6 Å². The predicted molar refractivity (Wildman–Crippen MR) is 63.2 cm³/mol. The van der Waals surface area contributed by atoms with E-state index in [2.05, 4.69) is 0 Å². The molecule has 5 N–H and O–H groups in total. The van der Waals surface area contributed by atoms with E-state index in [1.54, 1.807) is 0 Å². The van der Waals surface area contributed by atoms with Gasteiger partial charge in [0.1, 0.15) is 0 Å². The molecule has 18 heavy (non-hydrogen) atoms. The number of carbonyl (C=O) groups is 2. The lowest BCUT2D eigenvalue weighted by Gasteiger charge is -2.31. The Bertz CT molecular complexity index is 250. The van der Waals surface area contributed by atoms with Crippen LogP contribution in [0.4, 0.5) is 0 Å². The summed E-state index contributed by atoms with van der Waals surface area (Å²) in [5.41, 5.74) is 4.93. The van der Waals surface area contributed by atoms with Crippen molar-refractivity contribution in [3.05, 3.63) is 0 Å². The number of rotatable bonds is 4. The maximum Gasteiger partial charge on any atom is 0.414 e. The minimum absolute atomic E-state index is 0.451. The minimum atomic E-state index is -1.82. The van der Waals surface area contributed by atoms with Crippen molar-refractivity contribution in [2.75, 3.05) is 19.8 Å². The molecule has 1 aliphatic rings. The number of carboxylic acids is 2. The largest absolute Gasteiger partial charge is 0.473 e. The van der Waals surface area contributed by atoms with Gasteiger partial charge in [-0.25, -0.2) is 9.59 Å². The number of ether oxygens (including phenoxy) is 1. The summed E-state index contributed by atoms with van der Waals surface area (Å²) < 4.78 is 5.19. The smallest absolute Gasteiger partial charge is 0.414 e. The van der Waals surface area contributed by atoms with Gasteiger partial charge in [0.15, 0.2) is 0 Å². The fourth-order valence-electron chi connectivity index (χ4n) is 1.60. The molecule has 0 aromatic heterocycles. The highest BCUT2D eigenvalue weighted by molar-refractivity contribution is 6.27. The normalized spacial score (nSPS) is 17.4. The summed E-state index contributed by atoms with van der Waals surface area (Å²) in [5.74, 6) is -3.65. The first-order chi connectivity index (χ1) is 8.41. The lowest BCUT2D eigenvalue weighted by atomic mass is 9.89. The van der Waals surface area contributed by atoms with E-state index in [0.29, 0.717) is 13.2 Å². The fraction of sp³-hybridized carbons (Fsp3) is 0.818. The Morgan fingerprint density at radius 3 is 2.00 bits per heavy atom. The van der Waals surface area contributed by atoms with Crippen LogP contribution in [0.25, 0.3) is 0 Å². The maximum atomic E-state index is 9.98. The van der Waals surface area contributed by atoms with Gasteiger partial charge in [-0.1, -0.05) is 0 Å². The van der Waals surface area contributed by atoms with Crippen molar-refractivity contribution in [1.29, 1.82) is 0 Å². The molecule has 0 unspecified atom stereocenters. The monoisotopic (exact) mass is 263 g/mol. The third-order valence-corrected chi connectivity index (χ3v) is 2.70. The summed E-state index contributed by atoms with van der Waals surface area (Å²) in [6.45, 7) is 2.14. The third-order valence-electron chi connectivity index (χ3n) is 2.70. The second-order valence-electron chi connectivity index (χ2n) is 4.19. The molecule has 1 heterocycles. The van der Waals surface area contributed by atoms with E-state index in [9.17, 15) is 5.11 Å². The summed E-state index contributed by atoms with van der Waals surface area (Å²) in [6, 6.07) is 0. The molecule has 0 aliphatic carbocycles. The second kappa shape index (κ2) is 8.84. The first kappa shape index (κ1) is 16.8. The first-order valence-electron chi connectivity index (χ1n) is 5.88. The Morgan fingerprint density at radius 1 is 1.11 bits per heavy atom. The highest BCUT2D eigenvalue weighted by Gasteiger charge is 2.28. The average molecular weight is 263 g/mol. The lowest BCUT2D eigenvalue weighted by molar-refractivity contribution is -0.159. The van der Waals surface area contributed by atoms with E-state index in [1.165, 1.54) is 0 Å². The topological polar surface area (TPSA) is 130 Å². The van der Waals surface area contributed by atoms with Crippen molar-refractivity contribution < 1.29 is 29.6 Å². The number of nitrogens with two attached hydrogens (primary N) is 1. The van der Waals surface area contributed by atoms with E-state index in [1.807, 2.05) is 0 Å². The van der Waals surface area contributed by atoms with Gasteiger partial charge in [0.05, 0.1) is 5.60 Å². The van der Waals surface area contributed by atoms with Gasteiger partial charge in [-0.3, -0.25) is 0 Å². The fourth-order valence-corrected chi connectivity index (χ4v) is 1.60. The molecule has 0 saturated carbocycles. The number of unbranched alkanes of at least 4 members (excludes halogenated alkanes) is 1. The van der Waals surface area contributed by atoms with Gasteiger partial charge in [-0.15, -0.1) is 0 Å². The molecule has 0 aromatic carbocycles. The summed E-state index contributed by atoms with van der Waals surface area (Å²) >= 11 is 0. The molecular formula is C11H21NO6. The SMILES string of the molecule is NCCCCC1(O)CCOCC1.O=C(O)C(=O)O.